The molecule has 0 aliphatic carbocycles. The number of phenols is 1. The Morgan fingerprint density at radius 3 is 2.71 bits per heavy atom. The van der Waals surface area contributed by atoms with Crippen molar-refractivity contribution in [1.29, 1.82) is 5.41 Å². The van der Waals surface area contributed by atoms with Crippen LogP contribution in [0.1, 0.15) is 38.8 Å². The van der Waals surface area contributed by atoms with E-state index in [1.165, 1.54) is 34.9 Å². The predicted octanol–water partition coefficient (Wildman–Crippen LogP) is 2.86. The first-order chi connectivity index (χ1) is 14.8. The molecule has 1 amide bonds. The minimum absolute atomic E-state index is 0.00466. The quantitative estimate of drug-likeness (QED) is 0.279. The molecular weight excluding hydrogens is 420 g/mol. The van der Waals surface area contributed by atoms with Crippen LogP contribution in [-0.2, 0) is 16.1 Å². The molecule has 1 heterocycles. The van der Waals surface area contributed by atoms with Crippen LogP contribution < -0.4 is 4.74 Å². The Morgan fingerprint density at radius 2 is 2.00 bits per heavy atom. The molecule has 1 aliphatic rings. The molecule has 0 bridgehead atoms. The summed E-state index contributed by atoms with van der Waals surface area (Å²) in [5.74, 6) is -1.30. The fourth-order valence-electron chi connectivity index (χ4n) is 3.20. The number of carbonyl (C=O) groups is 3. The maximum absolute atomic E-state index is 12.8. The van der Waals surface area contributed by atoms with Crippen molar-refractivity contribution in [1.82, 2.24) is 4.90 Å². The highest BCUT2D eigenvalue weighted by Crippen LogP contribution is 2.28. The van der Waals surface area contributed by atoms with Gasteiger partial charge in [-0.2, -0.15) is 0 Å². The maximum Gasteiger partial charge on any atom is 0.344 e. The highest BCUT2D eigenvalue weighted by Gasteiger charge is 2.30. The van der Waals surface area contributed by atoms with E-state index in [9.17, 15) is 19.5 Å². The summed E-state index contributed by atoms with van der Waals surface area (Å²) < 4.78 is 10.1. The Morgan fingerprint density at radius 1 is 1.23 bits per heavy atom. The number of ether oxygens (including phenoxy) is 2. The first-order valence-corrected chi connectivity index (χ1v) is 10.8. The Kier molecular flexibility index (Phi) is 6.96. The lowest BCUT2D eigenvalue weighted by atomic mass is 10.1. The molecule has 0 atom stereocenters. The van der Waals surface area contributed by atoms with Crippen molar-refractivity contribution in [3.63, 3.8) is 0 Å². The van der Waals surface area contributed by atoms with E-state index in [-0.39, 0.29) is 49.3 Å². The Hall–Kier alpha value is -3.33. The van der Waals surface area contributed by atoms with Crippen LogP contribution in [0.2, 0.25) is 0 Å². The summed E-state index contributed by atoms with van der Waals surface area (Å²) in [6.07, 6.45) is 1.81. The number of ketones is 1. The Bertz CT molecular complexity index is 1050. The van der Waals surface area contributed by atoms with Gasteiger partial charge in [0, 0.05) is 17.7 Å². The lowest BCUT2D eigenvalue weighted by Gasteiger charge is -2.15. The summed E-state index contributed by atoms with van der Waals surface area (Å²) in [5, 5.41) is 18.4. The maximum atomic E-state index is 12.8. The minimum atomic E-state index is -0.544. The number of phenolic OH excluding ortho intramolecular Hbond substituents is 1. The lowest BCUT2D eigenvalue weighted by Crippen LogP contribution is -2.30. The van der Waals surface area contributed by atoms with Crippen molar-refractivity contribution >= 4 is 34.5 Å². The Labute approximate surface area is 183 Å². The average molecular weight is 442 g/mol. The summed E-state index contributed by atoms with van der Waals surface area (Å²) in [4.78, 5) is 38.3. The van der Waals surface area contributed by atoms with Crippen LogP contribution in [0.3, 0.4) is 0 Å². The predicted molar refractivity (Wildman–Crippen MR) is 116 cm³/mol. The number of nitrogens with zero attached hydrogens (tertiary/aromatic N) is 1. The molecule has 8 nitrogen and oxygen atoms in total. The van der Waals surface area contributed by atoms with Gasteiger partial charge in [0.1, 0.15) is 11.5 Å². The van der Waals surface area contributed by atoms with E-state index in [1.807, 2.05) is 6.26 Å². The van der Waals surface area contributed by atoms with E-state index in [0.717, 1.165) is 11.1 Å². The van der Waals surface area contributed by atoms with E-state index in [0.29, 0.717) is 10.6 Å². The molecule has 9 heteroatoms. The molecule has 3 rings (SSSR count). The molecule has 0 fully saturated rings. The van der Waals surface area contributed by atoms with Gasteiger partial charge in [-0.1, -0.05) is 6.07 Å². The van der Waals surface area contributed by atoms with Crippen molar-refractivity contribution in [2.45, 2.75) is 13.5 Å². The van der Waals surface area contributed by atoms with Crippen molar-refractivity contribution in [2.24, 2.45) is 0 Å². The van der Waals surface area contributed by atoms with Gasteiger partial charge in [0.25, 0.3) is 5.91 Å². The van der Waals surface area contributed by atoms with Crippen LogP contribution in [-0.4, -0.2) is 58.7 Å². The van der Waals surface area contributed by atoms with Crippen LogP contribution in [0, 0.1) is 5.41 Å². The second-order valence-corrected chi connectivity index (χ2v) is 7.58. The zero-order chi connectivity index (χ0) is 22.5. The van der Waals surface area contributed by atoms with E-state index < -0.39 is 11.8 Å². The second-order valence-electron chi connectivity index (χ2n) is 6.76. The van der Waals surface area contributed by atoms with Crippen molar-refractivity contribution in [2.75, 3.05) is 26.0 Å². The second kappa shape index (κ2) is 9.65. The van der Waals surface area contributed by atoms with E-state index >= 15 is 0 Å². The minimum Gasteiger partial charge on any atom is -0.507 e. The van der Waals surface area contributed by atoms with E-state index in [2.05, 4.69) is 0 Å². The van der Waals surface area contributed by atoms with Crippen molar-refractivity contribution in [3.05, 3.63) is 58.7 Å². The first kappa shape index (κ1) is 22.4. The number of amides is 1. The molecule has 31 heavy (non-hydrogen) atoms. The van der Waals surface area contributed by atoms with Gasteiger partial charge in [-0.05, 0) is 49.1 Å². The first-order valence-electron chi connectivity index (χ1n) is 9.53. The number of Topliss-reactive ketones (excluding diaryl/α,β-unsaturated/α-hetero) is 1. The lowest BCUT2D eigenvalue weighted by molar-refractivity contribution is -0.145. The third-order valence-corrected chi connectivity index (χ3v) is 5.36. The topological polar surface area (TPSA) is 117 Å². The van der Waals surface area contributed by atoms with Gasteiger partial charge in [0.2, 0.25) is 0 Å². The molecule has 2 N–H and O–H groups in total. The largest absolute Gasteiger partial charge is 0.507 e. The van der Waals surface area contributed by atoms with Gasteiger partial charge >= 0.3 is 5.97 Å². The van der Waals surface area contributed by atoms with Gasteiger partial charge in [-0.25, -0.2) is 4.79 Å². The van der Waals surface area contributed by atoms with Gasteiger partial charge in [-0.3, -0.25) is 15.0 Å². The summed E-state index contributed by atoms with van der Waals surface area (Å²) in [7, 11) is 0. The molecule has 1 aliphatic heterocycles. The fraction of sp³-hybridized carbons (Fsp3) is 0.273. The third kappa shape index (κ3) is 5.05. The molecule has 0 aromatic heterocycles. The van der Waals surface area contributed by atoms with Gasteiger partial charge < -0.3 is 19.5 Å². The number of nitrogens with one attached hydrogen (secondary N) is 1. The molecule has 162 valence electrons. The SMILES string of the molecule is CCOC(=O)COc1ccc(O)c(C(=O)CN2Cc3cc(C(=N)SC)ccc3C2=O)c1. The number of thioether (sulfide) groups is 1. The van der Waals surface area contributed by atoms with E-state index in [4.69, 9.17) is 14.9 Å². The van der Waals surface area contributed by atoms with E-state index in [1.54, 1.807) is 25.1 Å². The number of aromatic hydroxyl groups is 1. The van der Waals surface area contributed by atoms with Gasteiger partial charge in [-0.15, -0.1) is 11.8 Å². The number of benzene rings is 2. The van der Waals surface area contributed by atoms with Crippen LogP contribution in [0.15, 0.2) is 36.4 Å². The van der Waals surface area contributed by atoms with Crippen molar-refractivity contribution < 1.29 is 29.0 Å². The summed E-state index contributed by atoms with van der Waals surface area (Å²) >= 11 is 1.31. The average Bonchev–Trinajstić information content (AvgIpc) is 3.07. The zero-order valence-corrected chi connectivity index (χ0v) is 18.0. The van der Waals surface area contributed by atoms with Crippen molar-refractivity contribution in [3.8, 4) is 11.5 Å². The summed E-state index contributed by atoms with van der Waals surface area (Å²) in [5.41, 5.74) is 1.97. The fourth-order valence-corrected chi connectivity index (χ4v) is 3.56. The summed E-state index contributed by atoms with van der Waals surface area (Å²) in [6, 6.07) is 9.25. The number of rotatable bonds is 8. The highest BCUT2D eigenvalue weighted by atomic mass is 32.2. The zero-order valence-electron chi connectivity index (χ0n) is 17.1. The molecule has 0 radical (unpaired) electrons. The molecule has 0 unspecified atom stereocenters. The number of fused-ring (bicyclic) bond motifs is 1. The summed E-state index contributed by atoms with van der Waals surface area (Å²) in [6.45, 7) is 1.61. The molecule has 2 aromatic rings. The number of hydrogen-bond acceptors (Lipinski definition) is 8. The molecule has 0 saturated heterocycles. The standard InChI is InChI=1S/C22H22N2O6S/c1-3-29-20(27)12-30-15-5-7-18(25)17(9-15)19(26)11-24-10-14-8-13(21(23)31-2)4-6-16(14)22(24)28/h4-9,23,25H,3,10-12H2,1-2H3. The van der Waals surface area contributed by atoms with Gasteiger partial charge in [0.05, 0.1) is 23.8 Å². The number of esters is 1. The molecule has 2 aromatic carbocycles. The van der Waals surface area contributed by atoms with Gasteiger partial charge in [0.15, 0.2) is 12.4 Å². The highest BCUT2D eigenvalue weighted by molar-refractivity contribution is 8.13. The van der Waals surface area contributed by atoms with Crippen LogP contribution in [0.4, 0.5) is 0 Å². The molecule has 0 saturated carbocycles. The van der Waals surface area contributed by atoms with Crippen LogP contribution in [0.5, 0.6) is 11.5 Å². The monoisotopic (exact) mass is 442 g/mol. The normalized spacial score (nSPS) is 12.5. The Balaban J connectivity index is 1.71. The smallest absolute Gasteiger partial charge is 0.344 e. The molecule has 0 spiro atoms. The van der Waals surface area contributed by atoms with Crippen LogP contribution in [0.25, 0.3) is 0 Å². The van der Waals surface area contributed by atoms with Crippen LogP contribution >= 0.6 is 11.8 Å². The molecular formula is C22H22N2O6S. The number of hydrogen-bond donors (Lipinski definition) is 2. The third-order valence-electron chi connectivity index (χ3n) is 4.72. The number of carbonyl (C=O) groups excluding carboxylic acids is 3.